The largest absolute Gasteiger partial charge is 0.497 e. The fourth-order valence-corrected chi connectivity index (χ4v) is 3.49. The monoisotopic (exact) mass is 529 g/mol. The lowest BCUT2D eigenvalue weighted by atomic mass is 9.98. The first kappa shape index (κ1) is 24.4. The van der Waals surface area contributed by atoms with Crippen molar-refractivity contribution in [2.24, 2.45) is 4.99 Å². The van der Waals surface area contributed by atoms with E-state index >= 15 is 0 Å². The Kier molecular flexibility index (Phi) is 9.83. The van der Waals surface area contributed by atoms with Gasteiger partial charge in [0.05, 0.1) is 7.11 Å². The average molecular weight is 529 g/mol. The van der Waals surface area contributed by atoms with Crippen LogP contribution in [0.15, 0.2) is 33.8 Å². The van der Waals surface area contributed by atoms with Crippen LogP contribution < -0.4 is 10.1 Å². The van der Waals surface area contributed by atoms with E-state index in [1.54, 1.807) is 7.11 Å². The molecule has 1 aliphatic rings. The quantitative estimate of drug-likeness (QED) is 0.317. The van der Waals surface area contributed by atoms with Crippen LogP contribution in [-0.4, -0.2) is 54.4 Å². The molecule has 0 aliphatic carbocycles. The smallest absolute Gasteiger partial charge is 0.248 e. The molecule has 2 heterocycles. The summed E-state index contributed by atoms with van der Waals surface area (Å²) in [6.45, 7) is 9.57. The predicted molar refractivity (Wildman–Crippen MR) is 126 cm³/mol. The number of guanidine groups is 1. The number of ether oxygens (including phenoxy) is 2. The molecule has 0 radical (unpaired) electrons. The zero-order valence-electron chi connectivity index (χ0n) is 18.1. The highest BCUT2D eigenvalue weighted by atomic mass is 127. The maximum atomic E-state index is 5.51. The summed E-state index contributed by atoms with van der Waals surface area (Å²) < 4.78 is 16.1. The summed E-state index contributed by atoms with van der Waals surface area (Å²) in [5, 5.41) is 7.37. The summed E-state index contributed by atoms with van der Waals surface area (Å²) in [7, 11) is 1.69. The molecule has 3 rings (SSSR count). The molecule has 9 heteroatoms. The first-order chi connectivity index (χ1) is 14.1. The summed E-state index contributed by atoms with van der Waals surface area (Å²) >= 11 is 0. The molecule has 2 aromatic rings. The number of nitrogens with zero attached hydrogens (tertiary/aromatic N) is 4. The Hall–Kier alpha value is -1.88. The van der Waals surface area contributed by atoms with E-state index in [1.165, 1.54) is 5.56 Å². The van der Waals surface area contributed by atoms with Gasteiger partial charge in [0.1, 0.15) is 18.4 Å². The van der Waals surface area contributed by atoms with Crippen molar-refractivity contribution in [3.63, 3.8) is 0 Å². The Balaban J connectivity index is 0.00000320. The number of hydrogen-bond acceptors (Lipinski definition) is 6. The molecule has 8 nitrogen and oxygen atoms in total. The van der Waals surface area contributed by atoms with Gasteiger partial charge in [-0.25, -0.2) is 4.99 Å². The zero-order chi connectivity index (χ0) is 20.6. The Morgan fingerprint density at radius 2 is 2.10 bits per heavy atom. The van der Waals surface area contributed by atoms with Crippen molar-refractivity contribution in [3.8, 4) is 5.75 Å². The molecular formula is C21H32IN5O3. The lowest BCUT2D eigenvalue weighted by Gasteiger charge is -2.21. The summed E-state index contributed by atoms with van der Waals surface area (Å²) in [4.78, 5) is 11.4. The molecule has 0 saturated carbocycles. The van der Waals surface area contributed by atoms with E-state index in [2.05, 4.69) is 39.4 Å². The van der Waals surface area contributed by atoms with Crippen molar-refractivity contribution in [1.29, 1.82) is 0 Å². The van der Waals surface area contributed by atoms with Gasteiger partial charge >= 0.3 is 0 Å². The third kappa shape index (κ3) is 6.31. The lowest BCUT2D eigenvalue weighted by molar-refractivity contribution is 0.0683. The summed E-state index contributed by atoms with van der Waals surface area (Å²) in [6, 6.07) is 8.34. The molecule has 30 heavy (non-hydrogen) atoms. The predicted octanol–water partition coefficient (Wildman–Crippen LogP) is 3.75. The van der Waals surface area contributed by atoms with Crippen LogP contribution in [-0.2, 0) is 11.3 Å². The van der Waals surface area contributed by atoms with Crippen molar-refractivity contribution < 1.29 is 14.0 Å². The molecular weight excluding hydrogens is 497 g/mol. The fourth-order valence-electron chi connectivity index (χ4n) is 3.49. The number of nitrogens with one attached hydrogen (secondary N) is 1. The van der Waals surface area contributed by atoms with E-state index in [-0.39, 0.29) is 30.1 Å². The zero-order valence-corrected chi connectivity index (χ0v) is 20.5. The van der Waals surface area contributed by atoms with Crippen LogP contribution in [0.4, 0.5) is 0 Å². The van der Waals surface area contributed by atoms with Crippen molar-refractivity contribution in [3.05, 3.63) is 41.5 Å². The molecule has 0 bridgehead atoms. The van der Waals surface area contributed by atoms with Crippen LogP contribution in [0.1, 0.15) is 56.5 Å². The van der Waals surface area contributed by atoms with Crippen molar-refractivity contribution in [2.45, 2.75) is 45.8 Å². The van der Waals surface area contributed by atoms with Crippen molar-refractivity contribution in [1.82, 2.24) is 20.4 Å². The van der Waals surface area contributed by atoms with Crippen LogP contribution in [0.3, 0.4) is 0 Å². The number of hydrogen-bond donors (Lipinski definition) is 1. The van der Waals surface area contributed by atoms with E-state index in [0.717, 1.165) is 37.8 Å². The summed E-state index contributed by atoms with van der Waals surface area (Å²) in [5.74, 6) is 3.29. The van der Waals surface area contributed by atoms with Crippen LogP contribution in [0.25, 0.3) is 0 Å². The minimum atomic E-state index is -0.182. The SMILES string of the molecule is CCNC(=NCc1nc(C(C)OCC)no1)N1CCC(c2ccc(OC)cc2)C1.I. The van der Waals surface area contributed by atoms with Crippen LogP contribution in [0, 0.1) is 0 Å². The molecule has 1 fully saturated rings. The van der Waals surface area contributed by atoms with Gasteiger partial charge in [0, 0.05) is 32.2 Å². The van der Waals surface area contributed by atoms with Gasteiger partial charge in [-0.3, -0.25) is 0 Å². The minimum Gasteiger partial charge on any atom is -0.497 e. The normalized spacial score (nSPS) is 17.5. The number of aromatic nitrogens is 2. The molecule has 2 unspecified atom stereocenters. The average Bonchev–Trinajstić information content (AvgIpc) is 3.41. The molecule has 1 saturated heterocycles. The van der Waals surface area contributed by atoms with Gasteiger partial charge in [0.25, 0.3) is 0 Å². The molecule has 1 aromatic carbocycles. The molecule has 1 aliphatic heterocycles. The molecule has 2 atom stereocenters. The second kappa shape index (κ2) is 12.1. The maximum Gasteiger partial charge on any atom is 0.248 e. The Bertz CT molecular complexity index is 796. The first-order valence-corrected chi connectivity index (χ1v) is 10.3. The maximum absolute atomic E-state index is 5.51. The topological polar surface area (TPSA) is 85.0 Å². The highest BCUT2D eigenvalue weighted by Crippen LogP contribution is 2.28. The van der Waals surface area contributed by atoms with E-state index in [0.29, 0.717) is 30.8 Å². The van der Waals surface area contributed by atoms with Crippen LogP contribution in [0.5, 0.6) is 5.75 Å². The third-order valence-electron chi connectivity index (χ3n) is 5.04. The standard InChI is InChI=1S/C21H31N5O3.HI/c1-5-22-21(23-13-19-24-20(25-29-19)15(3)28-6-2)26-12-11-17(14-26)16-7-9-18(27-4)10-8-16;/h7-10,15,17H,5-6,11-14H2,1-4H3,(H,22,23);1H. The minimum absolute atomic E-state index is 0. The number of methoxy groups -OCH3 is 1. The van der Waals surface area contributed by atoms with Crippen molar-refractivity contribution in [2.75, 3.05) is 33.4 Å². The highest BCUT2D eigenvalue weighted by molar-refractivity contribution is 14.0. The Labute approximate surface area is 195 Å². The Morgan fingerprint density at radius 1 is 1.33 bits per heavy atom. The van der Waals surface area contributed by atoms with E-state index < -0.39 is 0 Å². The van der Waals surface area contributed by atoms with Crippen LogP contribution >= 0.6 is 24.0 Å². The molecule has 166 valence electrons. The lowest BCUT2D eigenvalue weighted by Crippen LogP contribution is -2.40. The van der Waals surface area contributed by atoms with E-state index in [1.807, 2.05) is 26.0 Å². The second-order valence-corrected chi connectivity index (χ2v) is 7.02. The molecule has 1 N–H and O–H groups in total. The van der Waals surface area contributed by atoms with Gasteiger partial charge in [-0.1, -0.05) is 17.3 Å². The fraction of sp³-hybridized carbons (Fsp3) is 0.571. The van der Waals surface area contributed by atoms with Gasteiger partial charge in [-0.05, 0) is 44.9 Å². The number of rotatable bonds is 8. The van der Waals surface area contributed by atoms with E-state index in [4.69, 9.17) is 19.0 Å². The second-order valence-electron chi connectivity index (χ2n) is 7.02. The van der Waals surface area contributed by atoms with E-state index in [9.17, 15) is 0 Å². The van der Waals surface area contributed by atoms with Gasteiger partial charge in [0.2, 0.25) is 5.89 Å². The molecule has 0 spiro atoms. The number of aliphatic imine (C=N–C) groups is 1. The number of halogens is 1. The van der Waals surface area contributed by atoms with Gasteiger partial charge in [0.15, 0.2) is 11.8 Å². The van der Waals surface area contributed by atoms with Crippen molar-refractivity contribution >= 4 is 29.9 Å². The summed E-state index contributed by atoms with van der Waals surface area (Å²) in [5.41, 5.74) is 1.33. The third-order valence-corrected chi connectivity index (χ3v) is 5.04. The Morgan fingerprint density at radius 3 is 2.77 bits per heavy atom. The summed E-state index contributed by atoms with van der Waals surface area (Å²) in [6.07, 6.45) is 0.909. The molecule has 0 amide bonds. The van der Waals surface area contributed by atoms with Gasteiger partial charge in [-0.15, -0.1) is 24.0 Å². The van der Waals surface area contributed by atoms with Gasteiger partial charge in [-0.2, -0.15) is 4.98 Å². The van der Waals surface area contributed by atoms with Crippen LogP contribution in [0.2, 0.25) is 0 Å². The first-order valence-electron chi connectivity index (χ1n) is 10.3. The highest BCUT2D eigenvalue weighted by Gasteiger charge is 2.26. The molecule has 1 aromatic heterocycles. The number of benzene rings is 1. The van der Waals surface area contributed by atoms with Gasteiger partial charge < -0.3 is 24.2 Å². The number of likely N-dealkylation sites (tertiary alicyclic amines) is 1.